The number of para-hydroxylation sites is 1. The van der Waals surface area contributed by atoms with Gasteiger partial charge in [-0.1, -0.05) is 18.2 Å². The standard InChI is InChI=1S/C25H33N3O5/c1-5-27(19-10-7-6-8-11-19)13-9-12-26-25(30)18-14-23(29)28(17-18)20-15-21(31-2)24(33-4)22(16-20)32-3/h6-8,10-11,15-16,18H,5,9,12-14,17H2,1-4H3,(H,26,30). The Kier molecular flexibility index (Phi) is 8.40. The highest BCUT2D eigenvalue weighted by Crippen LogP contribution is 2.42. The first-order chi connectivity index (χ1) is 16.0. The third-order valence-corrected chi connectivity index (χ3v) is 5.86. The van der Waals surface area contributed by atoms with Gasteiger partial charge in [-0.2, -0.15) is 0 Å². The van der Waals surface area contributed by atoms with Crippen LogP contribution in [-0.4, -0.2) is 59.3 Å². The molecule has 1 aliphatic rings. The van der Waals surface area contributed by atoms with Crippen LogP contribution in [0.3, 0.4) is 0 Å². The van der Waals surface area contributed by atoms with E-state index >= 15 is 0 Å². The summed E-state index contributed by atoms with van der Waals surface area (Å²) in [5.74, 6) is 0.791. The molecule has 0 spiro atoms. The molecule has 1 N–H and O–H groups in total. The van der Waals surface area contributed by atoms with E-state index in [9.17, 15) is 9.59 Å². The summed E-state index contributed by atoms with van der Waals surface area (Å²) in [5, 5.41) is 3.00. The summed E-state index contributed by atoms with van der Waals surface area (Å²) in [7, 11) is 4.59. The second-order valence-corrected chi connectivity index (χ2v) is 7.85. The van der Waals surface area contributed by atoms with Crippen molar-refractivity contribution >= 4 is 23.2 Å². The number of benzene rings is 2. The maximum absolute atomic E-state index is 12.7. The van der Waals surface area contributed by atoms with Gasteiger partial charge >= 0.3 is 0 Å². The van der Waals surface area contributed by atoms with Crippen LogP contribution in [0.2, 0.25) is 0 Å². The van der Waals surface area contributed by atoms with Crippen molar-refractivity contribution in [2.75, 3.05) is 57.3 Å². The maximum atomic E-state index is 12.7. The van der Waals surface area contributed by atoms with Gasteiger partial charge in [-0.3, -0.25) is 9.59 Å². The quantitative estimate of drug-likeness (QED) is 0.525. The summed E-state index contributed by atoms with van der Waals surface area (Å²) in [6.07, 6.45) is 0.999. The highest BCUT2D eigenvalue weighted by Gasteiger charge is 2.35. The summed E-state index contributed by atoms with van der Waals surface area (Å²) in [5.41, 5.74) is 1.79. The molecule has 0 saturated carbocycles. The van der Waals surface area contributed by atoms with Crippen LogP contribution in [0.25, 0.3) is 0 Å². The molecule has 8 heteroatoms. The molecule has 1 saturated heterocycles. The Morgan fingerprint density at radius 2 is 1.76 bits per heavy atom. The Hall–Kier alpha value is -3.42. The Morgan fingerprint density at radius 1 is 1.09 bits per heavy atom. The van der Waals surface area contributed by atoms with Crippen LogP contribution in [0.15, 0.2) is 42.5 Å². The highest BCUT2D eigenvalue weighted by atomic mass is 16.5. The van der Waals surface area contributed by atoms with Gasteiger partial charge in [-0.15, -0.1) is 0 Å². The van der Waals surface area contributed by atoms with E-state index in [-0.39, 0.29) is 18.2 Å². The fourth-order valence-corrected chi connectivity index (χ4v) is 4.09. The topological polar surface area (TPSA) is 80.3 Å². The van der Waals surface area contributed by atoms with Gasteiger partial charge in [0.2, 0.25) is 17.6 Å². The average Bonchev–Trinajstić information content (AvgIpc) is 3.25. The summed E-state index contributed by atoms with van der Waals surface area (Å²) in [6, 6.07) is 13.7. The predicted molar refractivity (Wildman–Crippen MR) is 129 cm³/mol. The molecule has 3 rings (SSSR count). The molecule has 2 aromatic carbocycles. The lowest BCUT2D eigenvalue weighted by Gasteiger charge is -2.23. The third-order valence-electron chi connectivity index (χ3n) is 5.86. The van der Waals surface area contributed by atoms with Gasteiger partial charge in [0.25, 0.3) is 0 Å². The van der Waals surface area contributed by atoms with Crippen molar-refractivity contribution in [3.63, 3.8) is 0 Å². The number of anilines is 2. The molecule has 0 aliphatic carbocycles. The maximum Gasteiger partial charge on any atom is 0.227 e. The zero-order valence-electron chi connectivity index (χ0n) is 19.8. The lowest BCUT2D eigenvalue weighted by molar-refractivity contribution is -0.126. The lowest BCUT2D eigenvalue weighted by atomic mass is 10.1. The van der Waals surface area contributed by atoms with Crippen molar-refractivity contribution in [1.82, 2.24) is 5.32 Å². The van der Waals surface area contributed by atoms with E-state index in [1.807, 2.05) is 18.2 Å². The van der Waals surface area contributed by atoms with Crippen molar-refractivity contribution in [3.05, 3.63) is 42.5 Å². The van der Waals surface area contributed by atoms with Crippen molar-refractivity contribution in [2.45, 2.75) is 19.8 Å². The molecule has 0 aromatic heterocycles. The first-order valence-electron chi connectivity index (χ1n) is 11.2. The van der Waals surface area contributed by atoms with Gasteiger partial charge < -0.3 is 29.3 Å². The van der Waals surface area contributed by atoms with Gasteiger partial charge in [0.15, 0.2) is 11.5 Å². The number of methoxy groups -OCH3 is 3. The van der Waals surface area contributed by atoms with Gasteiger partial charge in [0.1, 0.15) is 0 Å². The SMILES string of the molecule is CCN(CCCNC(=O)C1CC(=O)N(c2cc(OC)c(OC)c(OC)c2)C1)c1ccccc1. The average molecular weight is 456 g/mol. The molecule has 1 unspecified atom stereocenters. The number of hydrogen-bond acceptors (Lipinski definition) is 6. The number of amides is 2. The molecule has 178 valence electrons. The minimum absolute atomic E-state index is 0.0962. The summed E-state index contributed by atoms with van der Waals surface area (Å²) in [6.45, 7) is 4.75. The van der Waals surface area contributed by atoms with Gasteiger partial charge in [-0.05, 0) is 25.5 Å². The molecule has 1 aliphatic heterocycles. The summed E-state index contributed by atoms with van der Waals surface area (Å²) >= 11 is 0. The first-order valence-corrected chi connectivity index (χ1v) is 11.2. The summed E-state index contributed by atoms with van der Waals surface area (Å²) < 4.78 is 16.1. The number of hydrogen-bond donors (Lipinski definition) is 1. The van der Waals surface area contributed by atoms with Crippen molar-refractivity contribution in [3.8, 4) is 17.2 Å². The molecular weight excluding hydrogens is 422 g/mol. The monoisotopic (exact) mass is 455 g/mol. The van der Waals surface area contributed by atoms with Crippen LogP contribution in [0.1, 0.15) is 19.8 Å². The third kappa shape index (κ3) is 5.69. The predicted octanol–water partition coefficient (Wildman–Crippen LogP) is 3.10. The van der Waals surface area contributed by atoms with Crippen LogP contribution >= 0.6 is 0 Å². The Balaban J connectivity index is 1.56. The van der Waals surface area contributed by atoms with E-state index in [4.69, 9.17) is 14.2 Å². The van der Waals surface area contributed by atoms with Gasteiger partial charge in [0.05, 0.1) is 32.9 Å². The van der Waals surface area contributed by atoms with E-state index < -0.39 is 5.92 Å². The van der Waals surface area contributed by atoms with Crippen LogP contribution in [0, 0.1) is 5.92 Å². The summed E-state index contributed by atoms with van der Waals surface area (Å²) in [4.78, 5) is 29.3. The highest BCUT2D eigenvalue weighted by molar-refractivity contribution is 6.00. The molecule has 2 amide bonds. The normalized spacial score (nSPS) is 15.3. The number of nitrogens with zero attached hydrogens (tertiary/aromatic N) is 2. The Bertz CT molecular complexity index is 925. The Morgan fingerprint density at radius 3 is 2.33 bits per heavy atom. The molecule has 33 heavy (non-hydrogen) atoms. The number of ether oxygens (including phenoxy) is 3. The van der Waals surface area contributed by atoms with Gasteiger partial charge in [0, 0.05) is 50.4 Å². The van der Waals surface area contributed by atoms with E-state index in [2.05, 4.69) is 29.3 Å². The zero-order valence-corrected chi connectivity index (χ0v) is 19.8. The first kappa shape index (κ1) is 24.2. The van der Waals surface area contributed by atoms with Crippen LogP contribution < -0.4 is 29.3 Å². The number of rotatable bonds is 11. The minimum atomic E-state index is -0.395. The molecule has 1 heterocycles. The number of carbonyl (C=O) groups is 2. The van der Waals surface area contributed by atoms with E-state index in [1.54, 1.807) is 17.0 Å². The largest absolute Gasteiger partial charge is 0.493 e. The molecular formula is C25H33N3O5. The van der Waals surface area contributed by atoms with Crippen LogP contribution in [-0.2, 0) is 9.59 Å². The zero-order chi connectivity index (χ0) is 23.8. The molecule has 0 bridgehead atoms. The van der Waals surface area contributed by atoms with Crippen LogP contribution in [0.5, 0.6) is 17.2 Å². The number of nitrogens with one attached hydrogen (secondary N) is 1. The number of carbonyl (C=O) groups excluding carboxylic acids is 2. The molecule has 2 aromatic rings. The lowest BCUT2D eigenvalue weighted by Crippen LogP contribution is -2.35. The van der Waals surface area contributed by atoms with Crippen molar-refractivity contribution < 1.29 is 23.8 Å². The fraction of sp³-hybridized carbons (Fsp3) is 0.440. The molecule has 0 radical (unpaired) electrons. The van der Waals surface area contributed by atoms with E-state index in [1.165, 1.54) is 27.0 Å². The molecule has 1 atom stereocenters. The second-order valence-electron chi connectivity index (χ2n) is 7.85. The van der Waals surface area contributed by atoms with Gasteiger partial charge in [-0.25, -0.2) is 0 Å². The Labute approximate surface area is 195 Å². The molecule has 1 fully saturated rings. The van der Waals surface area contributed by atoms with E-state index in [0.29, 0.717) is 36.0 Å². The van der Waals surface area contributed by atoms with Crippen molar-refractivity contribution in [1.29, 1.82) is 0 Å². The van der Waals surface area contributed by atoms with Crippen LogP contribution in [0.4, 0.5) is 11.4 Å². The minimum Gasteiger partial charge on any atom is -0.493 e. The van der Waals surface area contributed by atoms with E-state index in [0.717, 1.165) is 19.5 Å². The second kappa shape index (κ2) is 11.4. The molecule has 8 nitrogen and oxygen atoms in total. The fourth-order valence-electron chi connectivity index (χ4n) is 4.09. The van der Waals surface area contributed by atoms with Crippen molar-refractivity contribution in [2.24, 2.45) is 5.92 Å². The smallest absolute Gasteiger partial charge is 0.227 e.